The van der Waals surface area contributed by atoms with E-state index >= 15 is 0 Å². The van der Waals surface area contributed by atoms with E-state index < -0.39 is 0 Å². The zero-order valence-corrected chi connectivity index (χ0v) is 15.9. The van der Waals surface area contributed by atoms with Crippen molar-refractivity contribution in [1.29, 1.82) is 0 Å². The summed E-state index contributed by atoms with van der Waals surface area (Å²) >= 11 is 0. The number of aromatic nitrogens is 8. The van der Waals surface area contributed by atoms with Crippen LogP contribution >= 0.6 is 0 Å². The molecule has 9 heteroatoms. The lowest BCUT2D eigenvalue weighted by Crippen LogP contribution is -2.35. The lowest BCUT2D eigenvalue weighted by atomic mass is 9.96. The Bertz CT molecular complexity index is 1050. The number of nitrogens with zero attached hydrogens (tertiary/aromatic N) is 9. The van der Waals surface area contributed by atoms with Crippen molar-refractivity contribution in [2.75, 3.05) is 19.6 Å². The average Bonchev–Trinajstić information content (AvgIpc) is 3.47. The van der Waals surface area contributed by atoms with Crippen molar-refractivity contribution >= 4 is 5.65 Å². The molecule has 0 saturated carbocycles. The van der Waals surface area contributed by atoms with E-state index in [4.69, 9.17) is 5.10 Å². The minimum atomic E-state index is 0.378. The molecule has 0 bridgehead atoms. The third kappa shape index (κ3) is 3.18. The fraction of sp³-hybridized carbons (Fsp3) is 0.421. The first-order valence-electron chi connectivity index (χ1n) is 9.68. The number of piperidine rings is 1. The molecule has 1 aliphatic heterocycles. The Morgan fingerprint density at radius 3 is 2.79 bits per heavy atom. The van der Waals surface area contributed by atoms with Crippen LogP contribution in [0, 0.1) is 0 Å². The summed E-state index contributed by atoms with van der Waals surface area (Å²) in [4.78, 5) is 6.72. The molecule has 0 spiro atoms. The maximum Gasteiger partial charge on any atom is 0.178 e. The quantitative estimate of drug-likeness (QED) is 0.524. The Balaban J connectivity index is 1.28. The molecular formula is C19H23N9. The topological polar surface area (TPSA) is 82.0 Å². The average molecular weight is 377 g/mol. The number of hydrogen-bond acceptors (Lipinski definition) is 6. The second-order valence-electron chi connectivity index (χ2n) is 7.33. The summed E-state index contributed by atoms with van der Waals surface area (Å²) in [7, 11) is 2.05. The van der Waals surface area contributed by atoms with Gasteiger partial charge in [-0.2, -0.15) is 9.61 Å². The van der Waals surface area contributed by atoms with Gasteiger partial charge in [0.05, 0.1) is 6.33 Å². The first-order chi connectivity index (χ1) is 13.8. The van der Waals surface area contributed by atoms with Gasteiger partial charge in [-0.1, -0.05) is 0 Å². The predicted octanol–water partition coefficient (Wildman–Crippen LogP) is 1.47. The van der Waals surface area contributed by atoms with E-state index in [1.54, 1.807) is 10.9 Å². The van der Waals surface area contributed by atoms with Crippen LogP contribution in [-0.2, 0) is 13.5 Å². The van der Waals surface area contributed by atoms with Gasteiger partial charge in [-0.05, 0) is 44.1 Å². The Morgan fingerprint density at radius 1 is 1.14 bits per heavy atom. The van der Waals surface area contributed by atoms with Crippen molar-refractivity contribution in [1.82, 2.24) is 44.0 Å². The van der Waals surface area contributed by atoms with E-state index in [9.17, 15) is 0 Å². The predicted molar refractivity (Wildman–Crippen MR) is 103 cm³/mol. The molecule has 1 saturated heterocycles. The van der Waals surface area contributed by atoms with E-state index in [1.165, 1.54) is 5.69 Å². The number of fused-ring (bicyclic) bond motifs is 1. The maximum atomic E-state index is 4.72. The molecule has 0 amide bonds. The summed E-state index contributed by atoms with van der Waals surface area (Å²) in [6, 6.07) is 5.76. The number of rotatable bonds is 5. The van der Waals surface area contributed by atoms with Crippen LogP contribution in [0.25, 0.3) is 11.5 Å². The van der Waals surface area contributed by atoms with E-state index in [1.807, 2.05) is 41.4 Å². The lowest BCUT2D eigenvalue weighted by molar-refractivity contribution is 0.209. The minimum Gasteiger partial charge on any atom is -0.338 e. The summed E-state index contributed by atoms with van der Waals surface area (Å²) in [5, 5.41) is 17.8. The molecule has 0 aromatic carbocycles. The van der Waals surface area contributed by atoms with Crippen LogP contribution in [0.3, 0.4) is 0 Å². The van der Waals surface area contributed by atoms with Crippen molar-refractivity contribution in [3.8, 4) is 5.82 Å². The molecule has 1 fully saturated rings. The molecule has 5 heterocycles. The van der Waals surface area contributed by atoms with Crippen molar-refractivity contribution in [3.63, 3.8) is 0 Å². The Morgan fingerprint density at radius 2 is 2.04 bits per heavy atom. The fourth-order valence-corrected chi connectivity index (χ4v) is 3.89. The standard InChI is InChI=1S/C19H23N9/c1-25-14-20-13-16(25)7-12-26-10-5-15(6-11-26)19-23-22-17-3-4-18(24-28(17)19)27-9-2-8-21-27/h2-4,8-9,13-15H,5-7,10-12H2,1H3. The molecular weight excluding hydrogens is 354 g/mol. The molecule has 1 aliphatic rings. The van der Waals surface area contributed by atoms with E-state index in [-0.39, 0.29) is 0 Å². The van der Waals surface area contributed by atoms with Gasteiger partial charge in [0.1, 0.15) is 0 Å². The summed E-state index contributed by atoms with van der Waals surface area (Å²) in [5.41, 5.74) is 2.06. The summed E-state index contributed by atoms with van der Waals surface area (Å²) < 4.78 is 5.73. The molecule has 4 aromatic heterocycles. The van der Waals surface area contributed by atoms with Gasteiger partial charge in [0, 0.05) is 50.2 Å². The first kappa shape index (κ1) is 17.1. The van der Waals surface area contributed by atoms with Crippen LogP contribution in [-0.4, -0.2) is 63.7 Å². The number of hydrogen-bond donors (Lipinski definition) is 0. The molecule has 0 unspecified atom stereocenters. The van der Waals surface area contributed by atoms with Crippen LogP contribution < -0.4 is 0 Å². The summed E-state index contributed by atoms with van der Waals surface area (Å²) in [6.45, 7) is 3.20. The Labute approximate surface area is 162 Å². The zero-order chi connectivity index (χ0) is 18.9. The van der Waals surface area contributed by atoms with Crippen molar-refractivity contribution < 1.29 is 0 Å². The van der Waals surface area contributed by atoms with E-state index in [2.05, 4.69) is 36.8 Å². The highest BCUT2D eigenvalue weighted by Gasteiger charge is 2.25. The van der Waals surface area contributed by atoms with Gasteiger partial charge in [0.2, 0.25) is 0 Å². The molecule has 9 nitrogen and oxygen atoms in total. The molecule has 5 rings (SSSR count). The highest BCUT2D eigenvalue weighted by molar-refractivity contribution is 5.39. The zero-order valence-electron chi connectivity index (χ0n) is 15.9. The van der Waals surface area contributed by atoms with Gasteiger partial charge in [0.15, 0.2) is 17.3 Å². The minimum absolute atomic E-state index is 0.378. The first-order valence-corrected chi connectivity index (χ1v) is 9.68. The monoisotopic (exact) mass is 377 g/mol. The van der Waals surface area contributed by atoms with Gasteiger partial charge in [-0.15, -0.1) is 15.3 Å². The molecule has 0 aliphatic carbocycles. The van der Waals surface area contributed by atoms with Crippen molar-refractivity contribution in [2.45, 2.75) is 25.2 Å². The van der Waals surface area contributed by atoms with Crippen LogP contribution in [0.1, 0.15) is 30.3 Å². The SMILES string of the molecule is Cn1cncc1CCN1CCC(c2nnc3ccc(-n4cccn4)nn23)CC1. The fourth-order valence-electron chi connectivity index (χ4n) is 3.89. The molecule has 0 atom stereocenters. The third-order valence-corrected chi connectivity index (χ3v) is 5.57. The van der Waals surface area contributed by atoms with Crippen LogP contribution in [0.4, 0.5) is 0 Å². The van der Waals surface area contributed by atoms with Gasteiger partial charge < -0.3 is 9.47 Å². The van der Waals surface area contributed by atoms with Crippen LogP contribution in [0.5, 0.6) is 0 Å². The van der Waals surface area contributed by atoms with Crippen molar-refractivity contribution in [3.05, 3.63) is 54.6 Å². The van der Waals surface area contributed by atoms with E-state index in [0.29, 0.717) is 5.92 Å². The van der Waals surface area contributed by atoms with Crippen LogP contribution in [0.2, 0.25) is 0 Å². The smallest absolute Gasteiger partial charge is 0.178 e. The van der Waals surface area contributed by atoms with Gasteiger partial charge >= 0.3 is 0 Å². The van der Waals surface area contributed by atoms with Crippen LogP contribution in [0.15, 0.2) is 43.1 Å². The molecule has 144 valence electrons. The molecule has 0 radical (unpaired) electrons. The van der Waals surface area contributed by atoms with Gasteiger partial charge in [-0.25, -0.2) is 9.67 Å². The number of imidazole rings is 1. The second kappa shape index (κ2) is 7.16. The molecule has 28 heavy (non-hydrogen) atoms. The second-order valence-corrected chi connectivity index (χ2v) is 7.33. The van der Waals surface area contributed by atoms with E-state index in [0.717, 1.165) is 56.2 Å². The number of aryl methyl sites for hydroxylation is 1. The highest BCUT2D eigenvalue weighted by atomic mass is 15.4. The number of likely N-dealkylation sites (tertiary alicyclic amines) is 1. The summed E-state index contributed by atoms with van der Waals surface area (Å²) in [5.74, 6) is 2.10. The van der Waals surface area contributed by atoms with Crippen molar-refractivity contribution in [2.24, 2.45) is 7.05 Å². The Kier molecular flexibility index (Phi) is 4.36. The largest absolute Gasteiger partial charge is 0.338 e. The maximum absolute atomic E-state index is 4.72. The molecule has 4 aromatic rings. The van der Waals surface area contributed by atoms with Gasteiger partial charge in [-0.3, -0.25) is 0 Å². The normalized spacial score (nSPS) is 16.2. The summed E-state index contributed by atoms with van der Waals surface area (Å²) in [6.07, 6.45) is 10.6. The lowest BCUT2D eigenvalue weighted by Gasteiger charge is -2.30. The van der Waals surface area contributed by atoms with Gasteiger partial charge in [0.25, 0.3) is 0 Å². The Hall–Kier alpha value is -3.07. The third-order valence-electron chi connectivity index (χ3n) is 5.57. The highest BCUT2D eigenvalue weighted by Crippen LogP contribution is 2.27. The molecule has 0 N–H and O–H groups in total.